The number of fused-ring (bicyclic) bond motifs is 1. The number of nitrogens with one attached hydrogen (secondary N) is 2. The molecule has 2 N–H and O–H groups in total. The molecule has 5 nitrogen and oxygen atoms in total. The molecule has 1 heterocycles. The van der Waals surface area contributed by atoms with Gasteiger partial charge in [0.25, 0.3) is 5.91 Å². The number of carbonyl (C=O) groups is 1. The normalized spacial score (nSPS) is 11.1. The van der Waals surface area contributed by atoms with Gasteiger partial charge in [-0.15, -0.1) is 0 Å². The molecule has 104 valence electrons. The van der Waals surface area contributed by atoms with Gasteiger partial charge < -0.3 is 4.98 Å². The molecule has 0 radical (unpaired) electrons. The lowest BCUT2D eigenvalue weighted by atomic mass is 10.2. The van der Waals surface area contributed by atoms with Gasteiger partial charge in [0.2, 0.25) is 0 Å². The summed E-state index contributed by atoms with van der Waals surface area (Å²) < 4.78 is 0.921. The Kier molecular flexibility index (Phi) is 3.79. The number of imidazole rings is 1. The summed E-state index contributed by atoms with van der Waals surface area (Å²) >= 11 is 3.32. The number of halogens is 1. The molecule has 3 aromatic rings. The van der Waals surface area contributed by atoms with Crippen molar-refractivity contribution >= 4 is 39.1 Å². The van der Waals surface area contributed by atoms with E-state index >= 15 is 0 Å². The van der Waals surface area contributed by atoms with Crippen LogP contribution in [0.15, 0.2) is 58.1 Å². The number of hydrogen-bond acceptors (Lipinski definition) is 3. The minimum Gasteiger partial charge on any atom is -0.337 e. The molecule has 0 atom stereocenters. The second kappa shape index (κ2) is 5.88. The number of rotatable bonds is 3. The van der Waals surface area contributed by atoms with Crippen molar-refractivity contribution in [3.8, 4) is 0 Å². The first-order valence-corrected chi connectivity index (χ1v) is 7.05. The van der Waals surface area contributed by atoms with Crippen LogP contribution in [0.2, 0.25) is 0 Å². The van der Waals surface area contributed by atoms with Gasteiger partial charge in [0.15, 0.2) is 5.82 Å². The van der Waals surface area contributed by atoms with Gasteiger partial charge in [-0.3, -0.25) is 4.79 Å². The van der Waals surface area contributed by atoms with Crippen molar-refractivity contribution in [3.05, 3.63) is 64.4 Å². The Morgan fingerprint density at radius 2 is 1.95 bits per heavy atom. The number of nitrogens with zero attached hydrogens (tertiary/aromatic N) is 2. The Labute approximate surface area is 129 Å². The molecule has 0 bridgehead atoms. The van der Waals surface area contributed by atoms with Crippen LogP contribution < -0.4 is 5.43 Å². The Morgan fingerprint density at radius 3 is 2.71 bits per heavy atom. The van der Waals surface area contributed by atoms with Gasteiger partial charge in [-0.25, -0.2) is 10.4 Å². The number of benzene rings is 2. The van der Waals surface area contributed by atoms with Gasteiger partial charge in [0.1, 0.15) is 0 Å². The van der Waals surface area contributed by atoms with Gasteiger partial charge in [0.05, 0.1) is 17.2 Å². The summed E-state index contributed by atoms with van der Waals surface area (Å²) in [5, 5.41) is 3.91. The van der Waals surface area contributed by atoms with Crippen molar-refractivity contribution in [2.45, 2.75) is 0 Å². The molecule has 3 rings (SSSR count). The van der Waals surface area contributed by atoms with Crippen LogP contribution in [0, 0.1) is 0 Å². The summed E-state index contributed by atoms with van der Waals surface area (Å²) in [6.45, 7) is 0. The molecule has 0 saturated heterocycles. The van der Waals surface area contributed by atoms with E-state index in [4.69, 9.17) is 0 Å². The number of aromatic amines is 1. The highest BCUT2D eigenvalue weighted by atomic mass is 79.9. The molecule has 0 spiro atoms. The van der Waals surface area contributed by atoms with E-state index in [1.165, 1.54) is 6.21 Å². The Hall–Kier alpha value is -2.47. The van der Waals surface area contributed by atoms with Gasteiger partial charge in [0, 0.05) is 10.0 Å². The topological polar surface area (TPSA) is 70.1 Å². The van der Waals surface area contributed by atoms with Crippen LogP contribution in [0.5, 0.6) is 0 Å². The Bertz CT molecular complexity index is 775. The van der Waals surface area contributed by atoms with Crippen molar-refractivity contribution in [2.24, 2.45) is 5.10 Å². The first kappa shape index (κ1) is 13.5. The molecule has 0 saturated carbocycles. The first-order chi connectivity index (χ1) is 10.2. The smallest absolute Gasteiger partial charge is 0.271 e. The zero-order valence-electron chi connectivity index (χ0n) is 10.9. The lowest BCUT2D eigenvalue weighted by Gasteiger charge is -1.99. The minimum atomic E-state index is -0.269. The first-order valence-electron chi connectivity index (χ1n) is 6.26. The predicted molar refractivity (Wildman–Crippen MR) is 85.3 cm³/mol. The fourth-order valence-corrected chi connectivity index (χ4v) is 2.12. The van der Waals surface area contributed by atoms with Crippen molar-refractivity contribution in [2.75, 3.05) is 0 Å². The van der Waals surface area contributed by atoms with Crippen molar-refractivity contribution in [1.82, 2.24) is 15.4 Å². The van der Waals surface area contributed by atoms with E-state index in [2.05, 4.69) is 36.4 Å². The molecule has 1 aromatic heterocycles. The Balaban J connectivity index is 1.69. The van der Waals surface area contributed by atoms with Crippen molar-refractivity contribution in [3.63, 3.8) is 0 Å². The highest BCUT2D eigenvalue weighted by Crippen LogP contribution is 2.10. The molecular formula is C15H11BrN4O. The maximum Gasteiger partial charge on any atom is 0.271 e. The molecule has 0 aliphatic carbocycles. The molecule has 1 amide bonds. The van der Waals surface area contributed by atoms with Crippen LogP contribution in [0.1, 0.15) is 16.2 Å². The summed E-state index contributed by atoms with van der Waals surface area (Å²) in [5.74, 6) is 0.321. The monoisotopic (exact) mass is 342 g/mol. The summed E-state index contributed by atoms with van der Waals surface area (Å²) in [6, 6.07) is 14.7. The summed E-state index contributed by atoms with van der Waals surface area (Å²) in [4.78, 5) is 19.3. The van der Waals surface area contributed by atoms with Crippen molar-refractivity contribution in [1.29, 1.82) is 0 Å². The van der Waals surface area contributed by atoms with E-state index in [0.717, 1.165) is 15.5 Å². The van der Waals surface area contributed by atoms with Crippen LogP contribution in [0.3, 0.4) is 0 Å². The average molecular weight is 343 g/mol. The maximum absolute atomic E-state index is 11.8. The number of para-hydroxylation sites is 2. The fraction of sp³-hybridized carbons (Fsp3) is 0. The summed E-state index contributed by atoms with van der Waals surface area (Å²) in [5.41, 5.74) is 4.80. The van der Waals surface area contributed by atoms with Gasteiger partial charge >= 0.3 is 0 Å². The van der Waals surface area contributed by atoms with Crippen LogP contribution >= 0.6 is 15.9 Å². The SMILES string of the molecule is O=C(N/N=C\c1nc2ccccc2[nH]1)c1ccc(Br)cc1. The van der Waals surface area contributed by atoms with E-state index in [1.54, 1.807) is 24.3 Å². The second-order valence-corrected chi connectivity index (χ2v) is 5.26. The third-order valence-electron chi connectivity index (χ3n) is 2.87. The molecule has 0 fully saturated rings. The molecule has 0 aliphatic rings. The number of H-pyrrole nitrogens is 1. The molecule has 0 aliphatic heterocycles. The van der Waals surface area contributed by atoms with Crippen LogP contribution in [-0.4, -0.2) is 22.1 Å². The lowest BCUT2D eigenvalue weighted by molar-refractivity contribution is 0.0955. The molecular weight excluding hydrogens is 332 g/mol. The number of carbonyl (C=O) groups excluding carboxylic acids is 1. The van der Waals surface area contributed by atoms with Crippen LogP contribution in [0.25, 0.3) is 11.0 Å². The number of aromatic nitrogens is 2. The van der Waals surface area contributed by atoms with E-state index in [0.29, 0.717) is 11.4 Å². The van der Waals surface area contributed by atoms with E-state index in [9.17, 15) is 4.79 Å². The molecule has 0 unspecified atom stereocenters. The zero-order valence-corrected chi connectivity index (χ0v) is 12.5. The number of hydrogen-bond donors (Lipinski definition) is 2. The Morgan fingerprint density at radius 1 is 1.19 bits per heavy atom. The predicted octanol–water partition coefficient (Wildman–Crippen LogP) is 3.09. The quantitative estimate of drug-likeness (QED) is 0.567. The molecule has 2 aromatic carbocycles. The second-order valence-electron chi connectivity index (χ2n) is 4.35. The minimum absolute atomic E-state index is 0.269. The van der Waals surface area contributed by atoms with Gasteiger partial charge in [-0.1, -0.05) is 28.1 Å². The number of amides is 1. The zero-order chi connectivity index (χ0) is 14.7. The third kappa shape index (κ3) is 3.17. The number of hydrazone groups is 1. The highest BCUT2D eigenvalue weighted by molar-refractivity contribution is 9.10. The van der Waals surface area contributed by atoms with Gasteiger partial charge in [-0.05, 0) is 36.4 Å². The lowest BCUT2D eigenvalue weighted by Crippen LogP contribution is -2.17. The maximum atomic E-state index is 11.8. The summed E-state index contributed by atoms with van der Waals surface area (Å²) in [7, 11) is 0. The highest BCUT2D eigenvalue weighted by Gasteiger charge is 2.03. The third-order valence-corrected chi connectivity index (χ3v) is 3.40. The van der Waals surface area contributed by atoms with Crippen molar-refractivity contribution < 1.29 is 4.79 Å². The van der Waals surface area contributed by atoms with E-state index in [-0.39, 0.29) is 5.91 Å². The largest absolute Gasteiger partial charge is 0.337 e. The standard InChI is InChI=1S/C15H11BrN4O/c16-11-7-5-10(6-8-11)15(21)20-17-9-14-18-12-3-1-2-4-13(12)19-14/h1-9H,(H,18,19)(H,20,21)/b17-9-. The fourth-order valence-electron chi connectivity index (χ4n) is 1.85. The molecule has 6 heteroatoms. The van der Waals surface area contributed by atoms with Crippen LogP contribution in [0.4, 0.5) is 0 Å². The van der Waals surface area contributed by atoms with E-state index in [1.807, 2.05) is 24.3 Å². The van der Waals surface area contributed by atoms with E-state index < -0.39 is 0 Å². The summed E-state index contributed by atoms with van der Waals surface area (Å²) in [6.07, 6.45) is 1.48. The molecule has 21 heavy (non-hydrogen) atoms. The van der Waals surface area contributed by atoms with Crippen LogP contribution in [-0.2, 0) is 0 Å². The van der Waals surface area contributed by atoms with Gasteiger partial charge in [-0.2, -0.15) is 5.10 Å². The average Bonchev–Trinajstić information content (AvgIpc) is 2.90.